The van der Waals surface area contributed by atoms with E-state index in [0.717, 1.165) is 28.4 Å². The van der Waals surface area contributed by atoms with Crippen LogP contribution in [0.1, 0.15) is 11.5 Å². The molecule has 0 N–H and O–H groups in total. The average molecular weight is 483 g/mol. The summed E-state index contributed by atoms with van der Waals surface area (Å²) in [5.74, 6) is 1.12. The highest BCUT2D eigenvalue weighted by molar-refractivity contribution is 7.89. The van der Waals surface area contributed by atoms with Gasteiger partial charge in [0.1, 0.15) is 0 Å². The Labute approximate surface area is 197 Å². The molecule has 0 saturated carbocycles. The summed E-state index contributed by atoms with van der Waals surface area (Å²) in [7, 11) is -3.54. The van der Waals surface area contributed by atoms with Gasteiger partial charge in [0.05, 0.1) is 4.90 Å². The van der Waals surface area contributed by atoms with E-state index in [9.17, 15) is 8.42 Å². The zero-order valence-corrected chi connectivity index (χ0v) is 19.7. The monoisotopic (exact) mass is 482 g/mol. The fourth-order valence-electron chi connectivity index (χ4n) is 4.07. The largest absolute Gasteiger partial charge is 0.339 e. The lowest BCUT2D eigenvalue weighted by molar-refractivity contribution is 0.181. The molecule has 1 aliphatic heterocycles. The number of aromatic nitrogens is 2. The summed E-state index contributed by atoms with van der Waals surface area (Å²) < 4.78 is 33.0. The Bertz CT molecular complexity index is 1400. The van der Waals surface area contributed by atoms with Gasteiger partial charge in [-0.3, -0.25) is 4.90 Å². The summed E-state index contributed by atoms with van der Waals surface area (Å²) >= 11 is 6.04. The second kappa shape index (κ2) is 8.87. The van der Waals surface area contributed by atoms with Crippen LogP contribution in [0.4, 0.5) is 0 Å². The Morgan fingerprint density at radius 3 is 2.33 bits per heavy atom. The van der Waals surface area contributed by atoms with Crippen molar-refractivity contribution in [2.45, 2.75) is 18.4 Å². The maximum Gasteiger partial charge on any atom is 0.243 e. The van der Waals surface area contributed by atoms with Gasteiger partial charge in [-0.15, -0.1) is 0 Å². The summed E-state index contributed by atoms with van der Waals surface area (Å²) in [6.45, 7) is 4.79. The minimum absolute atomic E-state index is 0.318. The molecule has 3 aromatic carbocycles. The smallest absolute Gasteiger partial charge is 0.243 e. The van der Waals surface area contributed by atoms with Crippen LogP contribution in [0, 0.1) is 6.92 Å². The number of hydrogen-bond acceptors (Lipinski definition) is 6. The van der Waals surface area contributed by atoms with Gasteiger partial charge in [0.25, 0.3) is 0 Å². The molecule has 7 nitrogen and oxygen atoms in total. The van der Waals surface area contributed by atoms with Crippen LogP contribution in [0.25, 0.3) is 22.2 Å². The van der Waals surface area contributed by atoms with Crippen molar-refractivity contribution >= 4 is 32.4 Å². The fourth-order valence-corrected chi connectivity index (χ4v) is 5.70. The molecule has 1 aromatic heterocycles. The SMILES string of the molecule is Cc1nc(-c2ccc(CN3CCN(S(=O)(=O)c4ccc5cc(Cl)ccc5c4)CC3)cc2)no1. The van der Waals surface area contributed by atoms with Crippen LogP contribution in [0.15, 0.2) is 70.1 Å². The van der Waals surface area contributed by atoms with Crippen LogP contribution < -0.4 is 0 Å². The molecule has 2 heterocycles. The molecule has 0 bridgehead atoms. The molecule has 1 fully saturated rings. The minimum atomic E-state index is -3.54. The van der Waals surface area contributed by atoms with Crippen molar-refractivity contribution < 1.29 is 12.9 Å². The molecule has 1 aliphatic rings. The maximum absolute atomic E-state index is 13.2. The second-order valence-electron chi connectivity index (χ2n) is 8.17. The molecule has 1 saturated heterocycles. The van der Waals surface area contributed by atoms with E-state index in [4.69, 9.17) is 16.1 Å². The van der Waals surface area contributed by atoms with E-state index in [1.807, 2.05) is 42.5 Å². The molecular weight excluding hydrogens is 460 g/mol. The molecule has 9 heteroatoms. The lowest BCUT2D eigenvalue weighted by atomic mass is 10.1. The molecule has 33 heavy (non-hydrogen) atoms. The number of halogens is 1. The van der Waals surface area contributed by atoms with E-state index < -0.39 is 10.0 Å². The zero-order valence-electron chi connectivity index (χ0n) is 18.1. The third-order valence-corrected chi connectivity index (χ3v) is 8.02. The van der Waals surface area contributed by atoms with E-state index in [2.05, 4.69) is 15.0 Å². The molecule has 170 valence electrons. The van der Waals surface area contributed by atoms with Crippen LogP contribution in [-0.2, 0) is 16.6 Å². The highest BCUT2D eigenvalue weighted by Crippen LogP contribution is 2.25. The topological polar surface area (TPSA) is 79.5 Å². The van der Waals surface area contributed by atoms with Crippen molar-refractivity contribution in [2.75, 3.05) is 26.2 Å². The Morgan fingerprint density at radius 1 is 0.939 bits per heavy atom. The van der Waals surface area contributed by atoms with Crippen LogP contribution >= 0.6 is 11.6 Å². The first-order chi connectivity index (χ1) is 15.9. The number of nitrogens with zero attached hydrogens (tertiary/aromatic N) is 4. The number of sulfonamides is 1. The summed E-state index contributed by atoms with van der Waals surface area (Å²) in [5.41, 5.74) is 2.06. The van der Waals surface area contributed by atoms with Crippen molar-refractivity contribution in [1.82, 2.24) is 19.3 Å². The van der Waals surface area contributed by atoms with Gasteiger partial charge in [-0.05, 0) is 40.6 Å². The Kier molecular flexibility index (Phi) is 5.92. The van der Waals surface area contributed by atoms with Gasteiger partial charge in [-0.2, -0.15) is 9.29 Å². The Balaban J connectivity index is 1.23. The number of hydrogen-bond donors (Lipinski definition) is 0. The molecule has 0 spiro atoms. The van der Waals surface area contributed by atoms with Gasteiger partial charge in [-0.25, -0.2) is 8.42 Å². The fraction of sp³-hybridized carbons (Fsp3) is 0.250. The number of aryl methyl sites for hydroxylation is 1. The minimum Gasteiger partial charge on any atom is -0.339 e. The predicted molar refractivity (Wildman–Crippen MR) is 127 cm³/mol. The molecule has 0 atom stereocenters. The van der Waals surface area contributed by atoms with Gasteiger partial charge in [0.15, 0.2) is 0 Å². The van der Waals surface area contributed by atoms with Crippen LogP contribution in [0.5, 0.6) is 0 Å². The molecule has 0 unspecified atom stereocenters. The van der Waals surface area contributed by atoms with Gasteiger partial charge in [0, 0.05) is 50.2 Å². The summed E-state index contributed by atoms with van der Waals surface area (Å²) in [6, 6.07) is 18.7. The van der Waals surface area contributed by atoms with Gasteiger partial charge >= 0.3 is 0 Å². The summed E-state index contributed by atoms with van der Waals surface area (Å²) in [4.78, 5) is 6.83. The van der Waals surface area contributed by atoms with E-state index in [1.165, 1.54) is 0 Å². The first-order valence-electron chi connectivity index (χ1n) is 10.7. The molecule has 4 aromatic rings. The normalized spacial score (nSPS) is 15.8. The molecule has 5 rings (SSSR count). The van der Waals surface area contributed by atoms with E-state index >= 15 is 0 Å². The number of piperazine rings is 1. The zero-order chi connectivity index (χ0) is 23.0. The molecule has 0 amide bonds. The highest BCUT2D eigenvalue weighted by atomic mass is 35.5. The van der Waals surface area contributed by atoms with E-state index in [0.29, 0.717) is 47.8 Å². The van der Waals surface area contributed by atoms with Crippen LogP contribution in [0.3, 0.4) is 0 Å². The lowest BCUT2D eigenvalue weighted by Crippen LogP contribution is -2.48. The van der Waals surface area contributed by atoms with Gasteiger partial charge in [-0.1, -0.05) is 53.2 Å². The van der Waals surface area contributed by atoms with E-state index in [1.54, 1.807) is 29.4 Å². The van der Waals surface area contributed by atoms with Crippen LogP contribution in [-0.4, -0.2) is 53.9 Å². The van der Waals surface area contributed by atoms with Gasteiger partial charge < -0.3 is 4.52 Å². The first-order valence-corrected chi connectivity index (χ1v) is 12.5. The van der Waals surface area contributed by atoms with Crippen molar-refractivity contribution in [1.29, 1.82) is 0 Å². The third-order valence-electron chi connectivity index (χ3n) is 5.89. The van der Waals surface area contributed by atoms with Crippen molar-refractivity contribution in [3.63, 3.8) is 0 Å². The number of benzene rings is 3. The predicted octanol–water partition coefficient (Wildman–Crippen LogP) is 4.36. The van der Waals surface area contributed by atoms with Crippen molar-refractivity contribution in [2.24, 2.45) is 0 Å². The van der Waals surface area contributed by atoms with Crippen LogP contribution in [0.2, 0.25) is 5.02 Å². The summed E-state index contributed by atoms with van der Waals surface area (Å²) in [6.07, 6.45) is 0. The number of fused-ring (bicyclic) bond motifs is 1. The standard InChI is InChI=1S/C24H23ClN4O3S/c1-17-26-24(27-32-17)19-4-2-18(3-5-19)16-28-10-12-29(13-11-28)33(30,31)23-9-7-20-14-22(25)8-6-21(20)15-23/h2-9,14-15H,10-13,16H2,1H3. The quantitative estimate of drug-likeness (QED) is 0.420. The van der Waals surface area contributed by atoms with Crippen molar-refractivity contribution in [3.8, 4) is 11.4 Å². The van der Waals surface area contributed by atoms with Crippen molar-refractivity contribution in [3.05, 3.63) is 77.1 Å². The maximum atomic E-state index is 13.2. The molecule has 0 radical (unpaired) electrons. The lowest BCUT2D eigenvalue weighted by Gasteiger charge is -2.34. The average Bonchev–Trinajstić information content (AvgIpc) is 3.26. The highest BCUT2D eigenvalue weighted by Gasteiger charge is 2.28. The Morgan fingerprint density at radius 2 is 1.64 bits per heavy atom. The second-order valence-corrected chi connectivity index (χ2v) is 10.5. The number of rotatable bonds is 5. The first kappa shape index (κ1) is 22.0. The molecule has 0 aliphatic carbocycles. The third kappa shape index (κ3) is 4.65. The summed E-state index contributed by atoms with van der Waals surface area (Å²) in [5, 5.41) is 6.36. The Hall–Kier alpha value is -2.78. The van der Waals surface area contributed by atoms with E-state index in [-0.39, 0.29) is 0 Å². The molecular formula is C24H23ClN4O3S. The van der Waals surface area contributed by atoms with Gasteiger partial charge in [0.2, 0.25) is 21.7 Å².